The molecule has 0 heterocycles. The normalized spacial score (nSPS) is 9.44. The number of benzene rings is 2. The molecule has 0 amide bonds. The Morgan fingerprint density at radius 1 is 1.00 bits per heavy atom. The Hall–Kier alpha value is -2.47. The number of hydrogen-bond donors (Lipinski definition) is 1. The second kappa shape index (κ2) is 4.37. The molecule has 0 aromatic heterocycles. The van der Waals surface area contributed by atoms with E-state index in [2.05, 4.69) is 0 Å². The number of ether oxygens (including phenoxy) is 1. The topological polar surface area (TPSA) is 53.2 Å². The molecular formula is C13H9NO2. The molecule has 3 heteroatoms. The van der Waals surface area contributed by atoms with Crippen LogP contribution < -0.4 is 4.74 Å². The van der Waals surface area contributed by atoms with Crippen molar-refractivity contribution in [2.75, 3.05) is 0 Å². The van der Waals surface area contributed by atoms with Crippen molar-refractivity contribution in [3.63, 3.8) is 0 Å². The number of nitriles is 1. The van der Waals surface area contributed by atoms with E-state index in [1.54, 1.807) is 42.5 Å². The Morgan fingerprint density at radius 3 is 2.38 bits per heavy atom. The maximum absolute atomic E-state index is 9.25. The van der Waals surface area contributed by atoms with Gasteiger partial charge in [0.05, 0.1) is 11.6 Å². The summed E-state index contributed by atoms with van der Waals surface area (Å²) in [4.78, 5) is 0. The molecule has 78 valence electrons. The smallest absolute Gasteiger partial charge is 0.131 e. The summed E-state index contributed by atoms with van der Waals surface area (Å²) in [7, 11) is 0. The molecule has 0 saturated heterocycles. The highest BCUT2D eigenvalue weighted by molar-refractivity contribution is 5.39. The van der Waals surface area contributed by atoms with Crippen LogP contribution in [0.3, 0.4) is 0 Å². The van der Waals surface area contributed by atoms with E-state index in [1.165, 1.54) is 6.07 Å². The SMILES string of the molecule is N#Cc1ccc(Oc2cccc(O)c2)cc1. The molecule has 2 aromatic carbocycles. The molecule has 0 atom stereocenters. The van der Waals surface area contributed by atoms with Gasteiger partial charge in [-0.2, -0.15) is 5.26 Å². The van der Waals surface area contributed by atoms with Crippen LogP contribution in [0.4, 0.5) is 0 Å². The number of phenolic OH excluding ortho intramolecular Hbond substituents is 1. The van der Waals surface area contributed by atoms with Gasteiger partial charge in [0.15, 0.2) is 0 Å². The molecule has 0 aliphatic carbocycles. The maximum atomic E-state index is 9.25. The summed E-state index contributed by atoms with van der Waals surface area (Å²) < 4.78 is 5.49. The van der Waals surface area contributed by atoms with E-state index in [1.807, 2.05) is 6.07 Å². The summed E-state index contributed by atoms with van der Waals surface area (Å²) in [5.74, 6) is 1.35. The summed E-state index contributed by atoms with van der Waals surface area (Å²) in [5, 5.41) is 17.9. The minimum atomic E-state index is 0.158. The Balaban J connectivity index is 2.18. The molecule has 0 spiro atoms. The van der Waals surface area contributed by atoms with Gasteiger partial charge in [-0.15, -0.1) is 0 Å². The molecule has 0 radical (unpaired) electrons. The molecule has 3 nitrogen and oxygen atoms in total. The average Bonchev–Trinajstić information content (AvgIpc) is 2.30. The highest BCUT2D eigenvalue weighted by Crippen LogP contribution is 2.24. The number of aromatic hydroxyl groups is 1. The number of phenols is 1. The molecular weight excluding hydrogens is 202 g/mol. The van der Waals surface area contributed by atoms with Crippen molar-refractivity contribution in [2.24, 2.45) is 0 Å². The van der Waals surface area contributed by atoms with E-state index in [0.29, 0.717) is 17.1 Å². The van der Waals surface area contributed by atoms with Crippen molar-refractivity contribution in [2.45, 2.75) is 0 Å². The molecule has 0 bridgehead atoms. The first-order valence-corrected chi connectivity index (χ1v) is 4.75. The standard InChI is InChI=1S/C13H9NO2/c14-9-10-4-6-12(7-5-10)16-13-3-1-2-11(15)8-13/h1-8,15H. The van der Waals surface area contributed by atoms with Gasteiger partial charge >= 0.3 is 0 Å². The predicted octanol–water partition coefficient (Wildman–Crippen LogP) is 3.06. The van der Waals surface area contributed by atoms with Gasteiger partial charge in [-0.25, -0.2) is 0 Å². The zero-order valence-electron chi connectivity index (χ0n) is 8.42. The van der Waals surface area contributed by atoms with Crippen LogP contribution in [0.5, 0.6) is 17.2 Å². The molecule has 1 N–H and O–H groups in total. The summed E-state index contributed by atoms with van der Waals surface area (Å²) in [6.07, 6.45) is 0. The van der Waals surface area contributed by atoms with Crippen molar-refractivity contribution >= 4 is 0 Å². The zero-order chi connectivity index (χ0) is 11.4. The van der Waals surface area contributed by atoms with Gasteiger partial charge in [-0.05, 0) is 36.4 Å². The molecule has 0 aliphatic heterocycles. The third-order valence-electron chi connectivity index (χ3n) is 2.04. The van der Waals surface area contributed by atoms with E-state index >= 15 is 0 Å². The quantitative estimate of drug-likeness (QED) is 0.830. The van der Waals surface area contributed by atoms with Crippen LogP contribution in [0.1, 0.15) is 5.56 Å². The maximum Gasteiger partial charge on any atom is 0.131 e. The van der Waals surface area contributed by atoms with Crippen molar-refractivity contribution in [1.29, 1.82) is 5.26 Å². The van der Waals surface area contributed by atoms with E-state index in [4.69, 9.17) is 10.00 Å². The lowest BCUT2D eigenvalue weighted by molar-refractivity contribution is 0.455. The van der Waals surface area contributed by atoms with Crippen molar-refractivity contribution < 1.29 is 9.84 Å². The highest BCUT2D eigenvalue weighted by Gasteiger charge is 1.98. The summed E-state index contributed by atoms with van der Waals surface area (Å²) in [5.41, 5.74) is 0.586. The average molecular weight is 211 g/mol. The first kappa shape index (κ1) is 10.1. The van der Waals surface area contributed by atoms with E-state index in [9.17, 15) is 5.11 Å². The molecule has 2 rings (SSSR count). The van der Waals surface area contributed by atoms with E-state index < -0.39 is 0 Å². The van der Waals surface area contributed by atoms with Crippen LogP contribution in [-0.4, -0.2) is 5.11 Å². The van der Waals surface area contributed by atoms with Gasteiger partial charge in [-0.3, -0.25) is 0 Å². The number of hydrogen-bond acceptors (Lipinski definition) is 3. The fraction of sp³-hybridized carbons (Fsp3) is 0. The minimum Gasteiger partial charge on any atom is -0.508 e. The first-order valence-electron chi connectivity index (χ1n) is 4.75. The predicted molar refractivity (Wildman–Crippen MR) is 59.3 cm³/mol. The Kier molecular flexibility index (Phi) is 2.75. The van der Waals surface area contributed by atoms with Crippen LogP contribution in [0.15, 0.2) is 48.5 Å². The van der Waals surface area contributed by atoms with Crippen LogP contribution >= 0.6 is 0 Å². The van der Waals surface area contributed by atoms with Crippen LogP contribution in [0, 0.1) is 11.3 Å². The largest absolute Gasteiger partial charge is 0.508 e. The first-order chi connectivity index (χ1) is 7.78. The van der Waals surface area contributed by atoms with E-state index in [0.717, 1.165) is 0 Å². The van der Waals surface area contributed by atoms with Crippen LogP contribution in [0.25, 0.3) is 0 Å². The Morgan fingerprint density at radius 2 is 1.75 bits per heavy atom. The van der Waals surface area contributed by atoms with Gasteiger partial charge in [-0.1, -0.05) is 6.07 Å². The molecule has 0 aliphatic rings. The fourth-order valence-corrected chi connectivity index (χ4v) is 1.28. The van der Waals surface area contributed by atoms with Crippen LogP contribution in [-0.2, 0) is 0 Å². The summed E-state index contributed by atoms with van der Waals surface area (Å²) in [6.45, 7) is 0. The molecule has 16 heavy (non-hydrogen) atoms. The van der Waals surface area contributed by atoms with Gasteiger partial charge in [0.2, 0.25) is 0 Å². The number of rotatable bonds is 2. The third-order valence-corrected chi connectivity index (χ3v) is 2.04. The lowest BCUT2D eigenvalue weighted by Gasteiger charge is -2.05. The van der Waals surface area contributed by atoms with Crippen molar-refractivity contribution in [1.82, 2.24) is 0 Å². The van der Waals surface area contributed by atoms with E-state index in [-0.39, 0.29) is 5.75 Å². The highest BCUT2D eigenvalue weighted by atomic mass is 16.5. The molecule has 0 unspecified atom stereocenters. The minimum absolute atomic E-state index is 0.158. The zero-order valence-corrected chi connectivity index (χ0v) is 8.42. The number of nitrogens with zero attached hydrogens (tertiary/aromatic N) is 1. The van der Waals surface area contributed by atoms with Gasteiger partial charge in [0.25, 0.3) is 0 Å². The van der Waals surface area contributed by atoms with Crippen molar-refractivity contribution in [3.8, 4) is 23.3 Å². The molecule has 0 saturated carbocycles. The third kappa shape index (κ3) is 2.31. The van der Waals surface area contributed by atoms with Gasteiger partial charge in [0, 0.05) is 6.07 Å². The monoisotopic (exact) mass is 211 g/mol. The fourth-order valence-electron chi connectivity index (χ4n) is 1.28. The second-order valence-corrected chi connectivity index (χ2v) is 3.24. The van der Waals surface area contributed by atoms with Gasteiger partial charge < -0.3 is 9.84 Å². The van der Waals surface area contributed by atoms with Crippen LogP contribution in [0.2, 0.25) is 0 Å². The molecule has 0 fully saturated rings. The summed E-state index contributed by atoms with van der Waals surface area (Å²) in [6, 6.07) is 15.4. The second-order valence-electron chi connectivity index (χ2n) is 3.24. The Bertz CT molecular complexity index is 526. The lowest BCUT2D eigenvalue weighted by Crippen LogP contribution is -1.83. The van der Waals surface area contributed by atoms with Gasteiger partial charge in [0.1, 0.15) is 17.2 Å². The lowest BCUT2D eigenvalue weighted by atomic mass is 10.2. The molecule has 2 aromatic rings. The summed E-state index contributed by atoms with van der Waals surface area (Å²) >= 11 is 0. The van der Waals surface area contributed by atoms with Crippen molar-refractivity contribution in [3.05, 3.63) is 54.1 Å². The Labute approximate surface area is 93.2 Å².